The molecule has 0 unspecified atom stereocenters. The molecule has 2 rings (SSSR count). The van der Waals surface area contributed by atoms with E-state index in [2.05, 4.69) is 20.9 Å². The van der Waals surface area contributed by atoms with E-state index in [0.717, 1.165) is 10.0 Å². The molecule has 0 aliphatic carbocycles. The van der Waals surface area contributed by atoms with Crippen LogP contribution in [0.5, 0.6) is 0 Å². The molecule has 0 bridgehead atoms. The average molecular weight is 332 g/mol. The van der Waals surface area contributed by atoms with Gasteiger partial charge in [-0.2, -0.15) is 0 Å². The van der Waals surface area contributed by atoms with Crippen LogP contribution >= 0.6 is 15.9 Å². The molecule has 4 nitrogen and oxygen atoms in total. The molecule has 1 aromatic carbocycles. The average Bonchev–Trinajstić information content (AvgIpc) is 2.77. The van der Waals surface area contributed by atoms with Crippen molar-refractivity contribution in [3.05, 3.63) is 39.7 Å². The highest BCUT2D eigenvalue weighted by Crippen LogP contribution is 2.32. The Morgan fingerprint density at radius 2 is 2.16 bits per heavy atom. The van der Waals surface area contributed by atoms with Crippen LogP contribution in [-0.4, -0.2) is 16.1 Å². The quantitative estimate of drug-likeness (QED) is 0.921. The first kappa shape index (κ1) is 13.7. The molecular formula is C12H8BrF2NO3. The molecule has 0 fully saturated rings. The van der Waals surface area contributed by atoms with E-state index in [-0.39, 0.29) is 5.89 Å². The van der Waals surface area contributed by atoms with Crippen molar-refractivity contribution in [2.75, 3.05) is 0 Å². The van der Waals surface area contributed by atoms with Crippen LogP contribution in [0.2, 0.25) is 0 Å². The number of carbonyl (C=O) groups is 1. The summed E-state index contributed by atoms with van der Waals surface area (Å²) in [6, 6.07) is 5.07. The van der Waals surface area contributed by atoms with Crippen LogP contribution in [0.15, 0.2) is 27.1 Å². The van der Waals surface area contributed by atoms with Crippen LogP contribution in [0.4, 0.5) is 8.78 Å². The Kier molecular flexibility index (Phi) is 3.66. The van der Waals surface area contributed by atoms with E-state index in [9.17, 15) is 13.6 Å². The number of alkyl halides is 2. The van der Waals surface area contributed by atoms with Gasteiger partial charge in [0.2, 0.25) is 11.7 Å². The fourth-order valence-corrected chi connectivity index (χ4v) is 1.95. The van der Waals surface area contributed by atoms with Gasteiger partial charge >= 0.3 is 5.97 Å². The first-order chi connectivity index (χ1) is 8.91. The molecule has 7 heteroatoms. The summed E-state index contributed by atoms with van der Waals surface area (Å²) in [6.45, 7) is 1.74. The Morgan fingerprint density at radius 3 is 2.68 bits per heavy atom. The van der Waals surface area contributed by atoms with Gasteiger partial charge in [-0.1, -0.05) is 22.0 Å². The van der Waals surface area contributed by atoms with E-state index in [1.165, 1.54) is 0 Å². The maximum atomic E-state index is 12.7. The van der Waals surface area contributed by atoms with Crippen molar-refractivity contribution in [1.82, 2.24) is 4.98 Å². The van der Waals surface area contributed by atoms with Crippen LogP contribution in [-0.2, 0) is 0 Å². The van der Waals surface area contributed by atoms with Gasteiger partial charge in [0, 0.05) is 10.0 Å². The van der Waals surface area contributed by atoms with Crippen molar-refractivity contribution in [1.29, 1.82) is 0 Å². The molecule has 1 aromatic heterocycles. The summed E-state index contributed by atoms with van der Waals surface area (Å²) in [5, 5.41) is 8.82. The number of hydrogen-bond donors (Lipinski definition) is 1. The fraction of sp³-hybridized carbons (Fsp3) is 0.167. The summed E-state index contributed by atoms with van der Waals surface area (Å²) in [6.07, 6.45) is -3.00. The molecule has 0 aliphatic heterocycles. The van der Waals surface area contributed by atoms with Gasteiger partial charge in [-0.15, -0.1) is 0 Å². The number of carboxylic acids is 1. The van der Waals surface area contributed by atoms with Crippen LogP contribution < -0.4 is 0 Å². The number of benzene rings is 1. The van der Waals surface area contributed by atoms with Crippen molar-refractivity contribution in [2.45, 2.75) is 13.3 Å². The van der Waals surface area contributed by atoms with E-state index < -0.39 is 23.8 Å². The fourth-order valence-electron chi connectivity index (χ4n) is 1.59. The van der Waals surface area contributed by atoms with Gasteiger partial charge in [0.15, 0.2) is 5.69 Å². The molecule has 2 aromatic rings. The van der Waals surface area contributed by atoms with Gasteiger partial charge in [0.05, 0.1) is 0 Å². The van der Waals surface area contributed by atoms with E-state index in [0.29, 0.717) is 5.56 Å². The van der Waals surface area contributed by atoms with E-state index in [4.69, 9.17) is 9.52 Å². The van der Waals surface area contributed by atoms with Gasteiger partial charge in [0.25, 0.3) is 6.43 Å². The number of halogens is 3. The molecule has 19 heavy (non-hydrogen) atoms. The second kappa shape index (κ2) is 5.08. The number of hydrogen-bond acceptors (Lipinski definition) is 3. The predicted octanol–water partition coefficient (Wildman–Crippen LogP) is 4.05. The summed E-state index contributed by atoms with van der Waals surface area (Å²) < 4.78 is 31.1. The first-order valence-corrected chi connectivity index (χ1v) is 5.98. The third-order valence-electron chi connectivity index (χ3n) is 2.55. The number of aromatic carboxylic acids is 1. The van der Waals surface area contributed by atoms with E-state index in [1.54, 1.807) is 25.1 Å². The second-order valence-corrected chi connectivity index (χ2v) is 4.61. The minimum atomic E-state index is -3.00. The maximum Gasteiger partial charge on any atom is 0.374 e. The van der Waals surface area contributed by atoms with Crippen molar-refractivity contribution < 1.29 is 23.1 Å². The number of nitrogens with zero attached hydrogens (tertiary/aromatic N) is 1. The summed E-state index contributed by atoms with van der Waals surface area (Å²) in [4.78, 5) is 14.4. The van der Waals surface area contributed by atoms with Gasteiger partial charge in [-0.3, -0.25) is 0 Å². The zero-order valence-electron chi connectivity index (χ0n) is 9.65. The Hall–Kier alpha value is -1.76. The van der Waals surface area contributed by atoms with Crippen LogP contribution in [0.1, 0.15) is 28.2 Å². The van der Waals surface area contributed by atoms with E-state index >= 15 is 0 Å². The van der Waals surface area contributed by atoms with Crippen molar-refractivity contribution in [3.63, 3.8) is 0 Å². The topological polar surface area (TPSA) is 63.3 Å². The molecule has 1 N–H and O–H groups in total. The molecule has 100 valence electrons. The number of oxazole rings is 1. The molecule has 0 aliphatic rings. The van der Waals surface area contributed by atoms with Gasteiger partial charge in [-0.05, 0) is 24.6 Å². The van der Waals surface area contributed by atoms with Gasteiger partial charge < -0.3 is 9.52 Å². The Labute approximate surface area is 115 Å². The SMILES string of the molecule is Cc1c(Br)cccc1-c1nc(C(F)F)c(C(=O)O)o1. The van der Waals surface area contributed by atoms with Gasteiger partial charge in [0.1, 0.15) is 0 Å². The Balaban J connectivity index is 2.61. The molecule has 0 radical (unpaired) electrons. The van der Waals surface area contributed by atoms with Crippen LogP contribution in [0, 0.1) is 6.92 Å². The highest BCUT2D eigenvalue weighted by Gasteiger charge is 2.27. The molecule has 0 spiro atoms. The summed E-state index contributed by atoms with van der Waals surface area (Å²) in [5.41, 5.74) is 0.326. The predicted molar refractivity (Wildman–Crippen MR) is 66.3 cm³/mol. The molecule has 0 atom stereocenters. The van der Waals surface area contributed by atoms with Crippen LogP contribution in [0.25, 0.3) is 11.5 Å². The zero-order valence-corrected chi connectivity index (χ0v) is 11.2. The molecule has 0 saturated heterocycles. The molecule has 1 heterocycles. The minimum absolute atomic E-state index is 0.133. The summed E-state index contributed by atoms with van der Waals surface area (Å²) >= 11 is 3.29. The minimum Gasteiger partial charge on any atom is -0.475 e. The van der Waals surface area contributed by atoms with Crippen molar-refractivity contribution in [3.8, 4) is 11.5 Å². The molecular weight excluding hydrogens is 324 g/mol. The molecule has 0 saturated carbocycles. The highest BCUT2D eigenvalue weighted by atomic mass is 79.9. The third kappa shape index (κ3) is 2.51. The monoisotopic (exact) mass is 331 g/mol. The normalized spacial score (nSPS) is 11.0. The smallest absolute Gasteiger partial charge is 0.374 e. The highest BCUT2D eigenvalue weighted by molar-refractivity contribution is 9.10. The zero-order chi connectivity index (χ0) is 14.2. The maximum absolute atomic E-state index is 12.7. The summed E-state index contributed by atoms with van der Waals surface area (Å²) in [5.74, 6) is -2.53. The number of aromatic nitrogens is 1. The second-order valence-electron chi connectivity index (χ2n) is 3.75. The Morgan fingerprint density at radius 1 is 1.47 bits per heavy atom. The lowest BCUT2D eigenvalue weighted by Gasteiger charge is -2.02. The first-order valence-electron chi connectivity index (χ1n) is 5.19. The van der Waals surface area contributed by atoms with Crippen molar-refractivity contribution in [2.24, 2.45) is 0 Å². The summed E-state index contributed by atoms with van der Waals surface area (Å²) in [7, 11) is 0. The largest absolute Gasteiger partial charge is 0.475 e. The lowest BCUT2D eigenvalue weighted by molar-refractivity contribution is 0.0647. The third-order valence-corrected chi connectivity index (χ3v) is 3.41. The molecule has 0 amide bonds. The van der Waals surface area contributed by atoms with Crippen LogP contribution in [0.3, 0.4) is 0 Å². The standard InChI is InChI=1S/C12H8BrF2NO3/c1-5-6(3-2-4-7(5)13)11-16-8(10(14)15)9(19-11)12(17)18/h2-4,10H,1H3,(H,17,18). The lowest BCUT2D eigenvalue weighted by Crippen LogP contribution is -1.99. The van der Waals surface area contributed by atoms with Gasteiger partial charge in [-0.25, -0.2) is 18.6 Å². The number of rotatable bonds is 3. The number of carboxylic acid groups (broad SMARTS) is 1. The van der Waals surface area contributed by atoms with Crippen molar-refractivity contribution >= 4 is 21.9 Å². The lowest BCUT2D eigenvalue weighted by atomic mass is 10.1. The Bertz CT molecular complexity index is 640. The van der Waals surface area contributed by atoms with E-state index in [1.807, 2.05) is 0 Å².